The normalized spacial score (nSPS) is 47.6. The van der Waals surface area contributed by atoms with E-state index < -0.39 is 0 Å². The summed E-state index contributed by atoms with van der Waals surface area (Å²) in [6, 6.07) is 0. The van der Waals surface area contributed by atoms with Gasteiger partial charge in [0.05, 0.1) is 6.20 Å². The number of nitrogens with zero attached hydrogens (tertiary/aromatic N) is 1. The van der Waals surface area contributed by atoms with Crippen LogP contribution in [0.5, 0.6) is 0 Å². The third kappa shape index (κ3) is 1.87. The van der Waals surface area contributed by atoms with Gasteiger partial charge in [-0.05, 0) is 55.3 Å². The van der Waals surface area contributed by atoms with Gasteiger partial charge >= 0.3 is 0 Å². The molecule has 1 heterocycles. The van der Waals surface area contributed by atoms with Crippen LogP contribution in [0.3, 0.4) is 0 Å². The van der Waals surface area contributed by atoms with Crippen LogP contribution in [0.2, 0.25) is 0 Å². The van der Waals surface area contributed by atoms with Crippen LogP contribution in [0, 0.1) is 16.7 Å². The lowest BCUT2D eigenvalue weighted by Crippen LogP contribution is -2.61. The van der Waals surface area contributed by atoms with Crippen LogP contribution >= 0.6 is 11.3 Å². The molecule has 3 nitrogen and oxygen atoms in total. The number of nitrogens with two attached hydrogens (primary N) is 1. The van der Waals surface area contributed by atoms with Crippen LogP contribution in [-0.4, -0.2) is 10.5 Å². The molecule has 2 atom stereocenters. The van der Waals surface area contributed by atoms with Gasteiger partial charge in [0.25, 0.3) is 0 Å². The second-order valence-electron chi connectivity index (χ2n) is 8.10. The summed E-state index contributed by atoms with van der Waals surface area (Å²) in [5.74, 6) is 0.913. The summed E-state index contributed by atoms with van der Waals surface area (Å²) in [5.41, 5.74) is 7.19. The maximum absolute atomic E-state index is 5.81. The Labute approximate surface area is 119 Å². The quantitative estimate of drug-likeness (QED) is 0.862. The highest BCUT2D eigenvalue weighted by Crippen LogP contribution is 2.66. The molecular formula is C15H23N3S. The molecule has 104 valence electrons. The molecule has 4 heteroatoms. The topological polar surface area (TPSA) is 50.9 Å². The molecule has 0 aliphatic heterocycles. The molecule has 4 aliphatic rings. The molecule has 4 bridgehead atoms. The highest BCUT2D eigenvalue weighted by Gasteiger charge is 2.60. The molecule has 0 saturated heterocycles. The molecule has 5 rings (SSSR count). The van der Waals surface area contributed by atoms with E-state index in [1.807, 2.05) is 0 Å². The Balaban J connectivity index is 1.67. The lowest BCUT2D eigenvalue weighted by molar-refractivity contribution is -0.0972. The van der Waals surface area contributed by atoms with E-state index in [1.165, 1.54) is 38.5 Å². The van der Waals surface area contributed by atoms with Gasteiger partial charge in [-0.3, -0.25) is 0 Å². The minimum atomic E-state index is 0.285. The summed E-state index contributed by atoms with van der Waals surface area (Å²) in [4.78, 5) is 4.42. The van der Waals surface area contributed by atoms with E-state index in [-0.39, 0.29) is 5.54 Å². The fourth-order valence-electron chi connectivity index (χ4n) is 6.16. The number of hydrogen-bond acceptors (Lipinski definition) is 4. The lowest BCUT2D eigenvalue weighted by Gasteiger charge is -2.65. The van der Waals surface area contributed by atoms with E-state index in [4.69, 9.17) is 5.73 Å². The van der Waals surface area contributed by atoms with Crippen molar-refractivity contribution in [1.29, 1.82) is 0 Å². The van der Waals surface area contributed by atoms with E-state index in [1.54, 1.807) is 17.5 Å². The highest BCUT2D eigenvalue weighted by atomic mass is 32.1. The van der Waals surface area contributed by atoms with E-state index >= 15 is 0 Å². The predicted molar refractivity (Wildman–Crippen MR) is 80.3 cm³/mol. The van der Waals surface area contributed by atoms with Gasteiger partial charge in [0.2, 0.25) is 0 Å². The first-order valence-electron chi connectivity index (χ1n) is 7.37. The number of rotatable bonds is 2. The van der Waals surface area contributed by atoms with Gasteiger partial charge in [-0.1, -0.05) is 25.2 Å². The molecule has 1 aromatic heterocycles. The van der Waals surface area contributed by atoms with Gasteiger partial charge in [0.15, 0.2) is 5.13 Å². The minimum Gasteiger partial charge on any atom is -0.389 e. The molecule has 2 unspecified atom stereocenters. The van der Waals surface area contributed by atoms with Crippen molar-refractivity contribution in [3.05, 3.63) is 6.20 Å². The van der Waals surface area contributed by atoms with Crippen molar-refractivity contribution >= 4 is 21.5 Å². The van der Waals surface area contributed by atoms with Crippen molar-refractivity contribution in [2.45, 2.75) is 57.9 Å². The Hall–Kier alpha value is -0.770. The summed E-state index contributed by atoms with van der Waals surface area (Å²) in [6.45, 7) is 5.00. The van der Waals surface area contributed by atoms with E-state index in [2.05, 4.69) is 24.1 Å². The molecule has 0 spiro atoms. The molecule has 1 aromatic rings. The van der Waals surface area contributed by atoms with Gasteiger partial charge in [-0.15, -0.1) is 0 Å². The van der Waals surface area contributed by atoms with Gasteiger partial charge in [-0.2, -0.15) is 0 Å². The van der Waals surface area contributed by atoms with Crippen molar-refractivity contribution < 1.29 is 0 Å². The van der Waals surface area contributed by atoms with Gasteiger partial charge < -0.3 is 11.1 Å². The molecule has 4 saturated carbocycles. The second kappa shape index (κ2) is 3.46. The highest BCUT2D eigenvalue weighted by molar-refractivity contribution is 7.19. The molecule has 0 radical (unpaired) electrons. The van der Waals surface area contributed by atoms with Crippen LogP contribution in [0.15, 0.2) is 6.20 Å². The Morgan fingerprint density at radius 2 is 1.89 bits per heavy atom. The van der Waals surface area contributed by atoms with Crippen molar-refractivity contribution in [1.82, 2.24) is 4.98 Å². The Morgan fingerprint density at radius 3 is 2.42 bits per heavy atom. The van der Waals surface area contributed by atoms with Gasteiger partial charge in [0.1, 0.15) is 5.00 Å². The minimum absolute atomic E-state index is 0.285. The Bertz CT molecular complexity index is 505. The average molecular weight is 277 g/mol. The second-order valence-corrected chi connectivity index (χ2v) is 9.17. The summed E-state index contributed by atoms with van der Waals surface area (Å²) in [7, 11) is 0. The third-order valence-corrected chi connectivity index (χ3v) is 6.26. The van der Waals surface area contributed by atoms with Gasteiger partial charge in [-0.25, -0.2) is 4.98 Å². The van der Waals surface area contributed by atoms with Crippen LogP contribution in [-0.2, 0) is 0 Å². The first kappa shape index (κ1) is 12.0. The fraction of sp³-hybridized carbons (Fsp3) is 0.800. The smallest absolute Gasteiger partial charge is 0.185 e. The van der Waals surface area contributed by atoms with E-state index in [9.17, 15) is 0 Å². The number of nitrogens with one attached hydrogen (secondary N) is 1. The van der Waals surface area contributed by atoms with E-state index in [0.29, 0.717) is 10.8 Å². The Morgan fingerprint density at radius 1 is 1.21 bits per heavy atom. The van der Waals surface area contributed by atoms with Crippen molar-refractivity contribution in [2.75, 3.05) is 11.1 Å². The zero-order chi connectivity index (χ0) is 13.3. The third-order valence-electron chi connectivity index (χ3n) is 5.52. The van der Waals surface area contributed by atoms with Crippen LogP contribution in [0.1, 0.15) is 52.4 Å². The van der Waals surface area contributed by atoms with Gasteiger partial charge in [0, 0.05) is 5.54 Å². The molecule has 0 aromatic carbocycles. The van der Waals surface area contributed by atoms with Crippen molar-refractivity contribution in [3.8, 4) is 0 Å². The number of hydrogen-bond donors (Lipinski definition) is 2. The Kier molecular flexibility index (Phi) is 2.19. The predicted octanol–water partition coefficient (Wildman–Crippen LogP) is 3.89. The first-order valence-corrected chi connectivity index (χ1v) is 8.19. The molecule has 3 N–H and O–H groups in total. The zero-order valence-corrected chi connectivity index (χ0v) is 12.6. The van der Waals surface area contributed by atoms with Crippen LogP contribution < -0.4 is 11.1 Å². The summed E-state index contributed by atoms with van der Waals surface area (Å²) in [6.07, 6.45) is 10.0. The molecule has 4 fully saturated rings. The van der Waals surface area contributed by atoms with Crippen LogP contribution in [0.25, 0.3) is 0 Å². The largest absolute Gasteiger partial charge is 0.389 e. The number of thiazole rings is 1. The van der Waals surface area contributed by atoms with Crippen molar-refractivity contribution in [2.24, 2.45) is 16.7 Å². The monoisotopic (exact) mass is 277 g/mol. The SMILES string of the molecule is CC12CC3CC(C)(C1)CC(Nc1ncc(N)s1)(C3)C2. The van der Waals surface area contributed by atoms with E-state index in [0.717, 1.165) is 16.1 Å². The number of anilines is 2. The zero-order valence-electron chi connectivity index (χ0n) is 11.8. The number of aromatic nitrogens is 1. The summed E-state index contributed by atoms with van der Waals surface area (Å²) >= 11 is 1.59. The summed E-state index contributed by atoms with van der Waals surface area (Å²) < 4.78 is 0. The number of nitrogen functional groups attached to an aromatic ring is 1. The molecular weight excluding hydrogens is 254 g/mol. The fourth-order valence-corrected chi connectivity index (χ4v) is 6.86. The first-order chi connectivity index (χ1) is 8.88. The maximum Gasteiger partial charge on any atom is 0.185 e. The van der Waals surface area contributed by atoms with Crippen LogP contribution in [0.4, 0.5) is 10.1 Å². The average Bonchev–Trinajstić information content (AvgIpc) is 2.56. The lowest BCUT2D eigenvalue weighted by atomic mass is 9.43. The summed E-state index contributed by atoms with van der Waals surface area (Å²) in [5, 5.41) is 5.62. The molecule has 19 heavy (non-hydrogen) atoms. The van der Waals surface area contributed by atoms with Crippen molar-refractivity contribution in [3.63, 3.8) is 0 Å². The standard InChI is InChI=1S/C15H23N3S/c1-13-3-10-4-14(2,7-13)9-15(5-10,8-13)18-12-17-6-11(16)19-12/h6,10H,3-5,7-9,16H2,1-2H3,(H,17,18). The molecule has 4 aliphatic carbocycles. The molecule has 0 amide bonds. The maximum atomic E-state index is 5.81.